The average Bonchev–Trinajstić information content (AvgIpc) is 2.58. The lowest BCUT2D eigenvalue weighted by Crippen LogP contribution is -2.61. The molecule has 2 bridgehead atoms. The predicted molar refractivity (Wildman–Crippen MR) is 97.8 cm³/mol. The first kappa shape index (κ1) is 15.0. The summed E-state index contributed by atoms with van der Waals surface area (Å²) in [6.07, 6.45) is 5.34. The zero-order valence-electron chi connectivity index (χ0n) is 14.6. The van der Waals surface area contributed by atoms with E-state index in [0.29, 0.717) is 11.0 Å². The highest BCUT2D eigenvalue weighted by molar-refractivity contribution is 5.65. The minimum atomic E-state index is 0.362. The lowest BCUT2D eigenvalue weighted by atomic mass is 9.59. The molecule has 0 unspecified atom stereocenters. The van der Waals surface area contributed by atoms with Gasteiger partial charge in [0.25, 0.3) is 0 Å². The van der Waals surface area contributed by atoms with Crippen molar-refractivity contribution in [3.63, 3.8) is 0 Å². The second-order valence-corrected chi connectivity index (χ2v) is 8.03. The fraction of sp³-hybridized carbons (Fsp3) is 0.455. The zero-order valence-corrected chi connectivity index (χ0v) is 14.6. The van der Waals surface area contributed by atoms with Crippen LogP contribution in [0.25, 0.3) is 11.1 Å². The lowest BCUT2D eigenvalue weighted by Gasteiger charge is -2.58. The van der Waals surface area contributed by atoms with E-state index in [1.807, 2.05) is 0 Å². The van der Waals surface area contributed by atoms with Gasteiger partial charge in [-0.2, -0.15) is 0 Å². The number of benzene rings is 2. The van der Waals surface area contributed by atoms with Crippen molar-refractivity contribution < 1.29 is 0 Å². The lowest BCUT2D eigenvalue weighted by molar-refractivity contribution is -0.0224. The van der Waals surface area contributed by atoms with Crippen molar-refractivity contribution in [3.8, 4) is 11.1 Å². The third-order valence-corrected chi connectivity index (χ3v) is 6.66. The van der Waals surface area contributed by atoms with E-state index in [1.165, 1.54) is 48.9 Å². The Balaban J connectivity index is 1.77. The maximum atomic E-state index is 2.62. The van der Waals surface area contributed by atoms with E-state index in [-0.39, 0.29) is 0 Å². The Bertz CT molecular complexity index is 708. The quantitative estimate of drug-likeness (QED) is 0.739. The number of nitrogens with zero attached hydrogens (tertiary/aromatic N) is 1. The molecule has 1 saturated carbocycles. The minimum Gasteiger partial charge on any atom is -0.300 e. The molecule has 3 aliphatic rings. The standard InChI is InChI=1S/C22H27N/c1-17-9-10-19(18-7-5-4-6-8-18)15-20(17)22-13-11-21(2,12-14-22)23(3)16-22/h4-10,15H,11-14,16H2,1-3H3. The molecule has 0 amide bonds. The van der Waals surface area contributed by atoms with Crippen molar-refractivity contribution in [2.45, 2.75) is 50.5 Å². The molecule has 3 fully saturated rings. The fourth-order valence-electron chi connectivity index (χ4n) is 4.81. The molecule has 2 heterocycles. The van der Waals surface area contributed by atoms with Gasteiger partial charge < -0.3 is 4.90 Å². The molecular weight excluding hydrogens is 278 g/mol. The molecule has 2 aliphatic heterocycles. The van der Waals surface area contributed by atoms with E-state index >= 15 is 0 Å². The predicted octanol–water partition coefficient (Wildman–Crippen LogP) is 5.18. The molecule has 0 spiro atoms. The number of fused-ring (bicyclic) bond motifs is 3. The number of hydrogen-bond donors (Lipinski definition) is 0. The molecule has 120 valence electrons. The summed E-state index contributed by atoms with van der Waals surface area (Å²) in [7, 11) is 2.32. The molecule has 1 heteroatoms. The largest absolute Gasteiger partial charge is 0.300 e. The van der Waals surface area contributed by atoms with Gasteiger partial charge in [0.05, 0.1) is 0 Å². The van der Waals surface area contributed by atoms with Crippen LogP contribution in [0.2, 0.25) is 0 Å². The Morgan fingerprint density at radius 2 is 1.57 bits per heavy atom. The Hall–Kier alpha value is -1.60. The number of rotatable bonds is 2. The topological polar surface area (TPSA) is 3.24 Å². The highest BCUT2D eigenvalue weighted by Gasteiger charge is 2.50. The third-order valence-electron chi connectivity index (χ3n) is 6.66. The summed E-state index contributed by atoms with van der Waals surface area (Å²) in [6.45, 7) is 5.95. The van der Waals surface area contributed by atoms with Gasteiger partial charge in [-0.3, -0.25) is 0 Å². The van der Waals surface area contributed by atoms with Gasteiger partial charge in [-0.15, -0.1) is 0 Å². The van der Waals surface area contributed by atoms with Crippen LogP contribution >= 0.6 is 0 Å². The summed E-state index contributed by atoms with van der Waals surface area (Å²) < 4.78 is 0. The van der Waals surface area contributed by atoms with E-state index in [2.05, 4.69) is 74.3 Å². The first-order valence-electron chi connectivity index (χ1n) is 8.90. The Morgan fingerprint density at radius 3 is 2.22 bits per heavy atom. The first-order valence-corrected chi connectivity index (χ1v) is 8.90. The number of likely N-dealkylation sites (N-methyl/N-ethyl adjacent to an activating group) is 1. The molecular formula is C22H27N. The van der Waals surface area contributed by atoms with Crippen molar-refractivity contribution >= 4 is 0 Å². The number of piperidine rings is 2. The van der Waals surface area contributed by atoms with Gasteiger partial charge in [0.2, 0.25) is 0 Å². The van der Waals surface area contributed by atoms with E-state index in [0.717, 1.165) is 0 Å². The molecule has 0 N–H and O–H groups in total. The van der Waals surface area contributed by atoms with Crippen LogP contribution in [0, 0.1) is 6.92 Å². The van der Waals surface area contributed by atoms with Crippen molar-refractivity contribution in [3.05, 3.63) is 59.7 Å². The van der Waals surface area contributed by atoms with Gasteiger partial charge in [0.15, 0.2) is 0 Å². The second kappa shape index (κ2) is 5.21. The maximum Gasteiger partial charge on any atom is 0.0179 e. The Labute approximate surface area is 140 Å². The maximum absolute atomic E-state index is 2.62. The van der Waals surface area contributed by atoms with Crippen molar-refractivity contribution in [2.24, 2.45) is 0 Å². The van der Waals surface area contributed by atoms with Crippen LogP contribution in [0.3, 0.4) is 0 Å². The van der Waals surface area contributed by atoms with Crippen LogP contribution in [0.5, 0.6) is 0 Å². The molecule has 5 rings (SSSR count). The van der Waals surface area contributed by atoms with E-state index < -0.39 is 0 Å². The first-order chi connectivity index (χ1) is 11.0. The van der Waals surface area contributed by atoms with E-state index in [9.17, 15) is 0 Å². The smallest absolute Gasteiger partial charge is 0.0179 e. The molecule has 1 nitrogen and oxygen atoms in total. The molecule has 23 heavy (non-hydrogen) atoms. The summed E-state index contributed by atoms with van der Waals surface area (Å²) in [4.78, 5) is 2.62. The van der Waals surface area contributed by atoms with Crippen LogP contribution in [0.4, 0.5) is 0 Å². The highest BCUT2D eigenvalue weighted by Crippen LogP contribution is 2.51. The van der Waals surface area contributed by atoms with Crippen LogP contribution in [0.1, 0.15) is 43.7 Å². The summed E-state index contributed by atoms with van der Waals surface area (Å²) in [5.74, 6) is 0. The van der Waals surface area contributed by atoms with Gasteiger partial charge >= 0.3 is 0 Å². The van der Waals surface area contributed by atoms with Crippen LogP contribution < -0.4 is 0 Å². The normalized spacial score (nSPS) is 30.6. The van der Waals surface area contributed by atoms with Crippen LogP contribution in [0.15, 0.2) is 48.5 Å². The molecule has 0 aromatic heterocycles. The van der Waals surface area contributed by atoms with E-state index in [1.54, 1.807) is 5.56 Å². The molecule has 2 saturated heterocycles. The van der Waals surface area contributed by atoms with Crippen LogP contribution in [-0.2, 0) is 5.41 Å². The summed E-state index contributed by atoms with van der Waals surface area (Å²) in [5, 5.41) is 0. The molecule has 2 aromatic carbocycles. The van der Waals surface area contributed by atoms with Gasteiger partial charge in [-0.25, -0.2) is 0 Å². The summed E-state index contributed by atoms with van der Waals surface area (Å²) >= 11 is 0. The second-order valence-electron chi connectivity index (χ2n) is 8.03. The van der Waals surface area contributed by atoms with Gasteiger partial charge in [0.1, 0.15) is 0 Å². The summed E-state index contributed by atoms with van der Waals surface area (Å²) in [6, 6.07) is 17.9. The zero-order chi connectivity index (χ0) is 16.1. The number of hydrogen-bond acceptors (Lipinski definition) is 1. The minimum absolute atomic E-state index is 0.362. The van der Waals surface area contributed by atoms with Crippen LogP contribution in [-0.4, -0.2) is 24.0 Å². The molecule has 2 aromatic rings. The van der Waals surface area contributed by atoms with Crippen molar-refractivity contribution in [2.75, 3.05) is 13.6 Å². The highest BCUT2D eigenvalue weighted by atomic mass is 15.2. The average molecular weight is 305 g/mol. The Morgan fingerprint density at radius 1 is 0.870 bits per heavy atom. The van der Waals surface area contributed by atoms with E-state index in [4.69, 9.17) is 0 Å². The Kier molecular flexibility index (Phi) is 3.39. The number of aryl methyl sites for hydroxylation is 1. The fourth-order valence-corrected chi connectivity index (χ4v) is 4.81. The SMILES string of the molecule is Cc1ccc(-c2ccccc2)cc1C12CCC(C)(CC1)N(C)C2. The van der Waals surface area contributed by atoms with Gasteiger partial charge in [0, 0.05) is 17.5 Å². The molecule has 0 atom stereocenters. The third kappa shape index (κ3) is 2.33. The molecule has 0 radical (unpaired) electrons. The summed E-state index contributed by atoms with van der Waals surface area (Å²) in [5.41, 5.74) is 6.54. The monoisotopic (exact) mass is 305 g/mol. The van der Waals surface area contributed by atoms with Crippen molar-refractivity contribution in [1.82, 2.24) is 4.90 Å². The van der Waals surface area contributed by atoms with Crippen molar-refractivity contribution in [1.29, 1.82) is 0 Å². The van der Waals surface area contributed by atoms with Gasteiger partial charge in [-0.1, -0.05) is 48.5 Å². The van der Waals surface area contributed by atoms with Gasteiger partial charge in [-0.05, 0) is 68.8 Å². The molecule has 1 aliphatic carbocycles.